The topological polar surface area (TPSA) is 89.3 Å². The predicted molar refractivity (Wildman–Crippen MR) is 132 cm³/mol. The van der Waals surface area contributed by atoms with Crippen LogP contribution >= 0.6 is 12.2 Å². The molecule has 0 fully saturated rings. The fraction of sp³-hybridized carbons (Fsp3) is 0.200. The minimum Gasteiger partial charge on any atom is -0.491 e. The van der Waals surface area contributed by atoms with Crippen molar-refractivity contribution in [1.29, 1.82) is 5.26 Å². The lowest BCUT2D eigenvalue weighted by molar-refractivity contribution is 0.106. The Morgan fingerprint density at radius 2 is 1.56 bits per heavy atom. The molecule has 0 saturated heterocycles. The third-order valence-corrected chi connectivity index (χ3v) is 4.84. The molecule has 0 saturated carbocycles. The second-order valence-electron chi connectivity index (χ2n) is 7.20. The summed E-state index contributed by atoms with van der Waals surface area (Å²) in [5.74, 6) is 0.756. The smallest absolute Gasteiger partial charge is 0.175 e. The van der Waals surface area contributed by atoms with Crippen molar-refractivity contribution in [2.24, 2.45) is 0 Å². The van der Waals surface area contributed by atoms with Crippen molar-refractivity contribution in [1.82, 2.24) is 5.32 Å². The van der Waals surface area contributed by atoms with Gasteiger partial charge in [0.25, 0.3) is 0 Å². The van der Waals surface area contributed by atoms with Crippen molar-refractivity contribution < 1.29 is 9.84 Å². The van der Waals surface area contributed by atoms with Crippen molar-refractivity contribution in [2.75, 3.05) is 30.3 Å². The molecule has 32 heavy (non-hydrogen) atoms. The molecule has 0 amide bonds. The molecule has 3 aromatic rings. The van der Waals surface area contributed by atoms with E-state index in [1.807, 2.05) is 66.7 Å². The Bertz CT molecular complexity index is 1020. The van der Waals surface area contributed by atoms with Gasteiger partial charge in [-0.25, -0.2) is 0 Å². The van der Waals surface area contributed by atoms with Gasteiger partial charge < -0.3 is 25.8 Å². The van der Waals surface area contributed by atoms with E-state index in [2.05, 4.69) is 22.0 Å². The minimum absolute atomic E-state index is 0.258. The van der Waals surface area contributed by atoms with Crippen LogP contribution < -0.4 is 20.7 Å². The maximum absolute atomic E-state index is 10.0. The van der Waals surface area contributed by atoms with E-state index < -0.39 is 6.10 Å². The molecular formula is C25H26N4O2S. The van der Waals surface area contributed by atoms with Crippen LogP contribution in [-0.2, 0) is 6.42 Å². The molecule has 0 aliphatic heterocycles. The Morgan fingerprint density at radius 1 is 0.938 bits per heavy atom. The van der Waals surface area contributed by atoms with Gasteiger partial charge in [-0.2, -0.15) is 5.26 Å². The summed E-state index contributed by atoms with van der Waals surface area (Å²) in [7, 11) is 0. The number of para-hydroxylation sites is 1. The van der Waals surface area contributed by atoms with E-state index in [0.717, 1.165) is 30.1 Å². The van der Waals surface area contributed by atoms with Crippen LogP contribution in [0.15, 0.2) is 78.9 Å². The number of aliphatic hydroxyl groups is 1. The van der Waals surface area contributed by atoms with E-state index >= 15 is 0 Å². The number of anilines is 2. The van der Waals surface area contributed by atoms with Crippen LogP contribution in [0.5, 0.6) is 5.75 Å². The SMILES string of the molecule is N#Cc1ccc(NC(=S)Nc2ccc(CCNC[C@H](O)COc3ccccc3)cc2)cc1. The zero-order valence-corrected chi connectivity index (χ0v) is 18.4. The Morgan fingerprint density at radius 3 is 2.19 bits per heavy atom. The van der Waals surface area contributed by atoms with Crippen molar-refractivity contribution in [3.63, 3.8) is 0 Å². The number of nitriles is 1. The molecule has 0 aliphatic carbocycles. The van der Waals surface area contributed by atoms with Crippen LogP contribution in [0.3, 0.4) is 0 Å². The van der Waals surface area contributed by atoms with Gasteiger partial charge in [0.05, 0.1) is 11.6 Å². The number of hydrogen-bond acceptors (Lipinski definition) is 5. The van der Waals surface area contributed by atoms with Gasteiger partial charge in [0.15, 0.2) is 5.11 Å². The van der Waals surface area contributed by atoms with E-state index in [1.165, 1.54) is 5.56 Å². The van der Waals surface area contributed by atoms with Crippen LogP contribution in [0.1, 0.15) is 11.1 Å². The lowest BCUT2D eigenvalue weighted by atomic mass is 10.1. The van der Waals surface area contributed by atoms with Crippen LogP contribution in [0.4, 0.5) is 11.4 Å². The molecule has 3 aromatic carbocycles. The van der Waals surface area contributed by atoms with Crippen molar-refractivity contribution in [3.05, 3.63) is 90.0 Å². The summed E-state index contributed by atoms with van der Waals surface area (Å²) < 4.78 is 5.55. The van der Waals surface area contributed by atoms with Gasteiger partial charge in [0.1, 0.15) is 18.5 Å². The van der Waals surface area contributed by atoms with Crippen molar-refractivity contribution in [2.45, 2.75) is 12.5 Å². The quantitative estimate of drug-likeness (QED) is 0.277. The summed E-state index contributed by atoms with van der Waals surface area (Å²) in [6.07, 6.45) is 0.284. The van der Waals surface area contributed by atoms with E-state index in [4.69, 9.17) is 22.2 Å². The Labute approximate surface area is 193 Å². The molecular weight excluding hydrogens is 420 g/mol. The molecule has 164 valence electrons. The molecule has 6 nitrogen and oxygen atoms in total. The lowest BCUT2D eigenvalue weighted by Gasteiger charge is -2.13. The third kappa shape index (κ3) is 8.00. The van der Waals surface area contributed by atoms with Gasteiger partial charge in [-0.3, -0.25) is 0 Å². The highest BCUT2D eigenvalue weighted by molar-refractivity contribution is 7.80. The lowest BCUT2D eigenvalue weighted by Crippen LogP contribution is -2.32. The van der Waals surface area contributed by atoms with E-state index in [0.29, 0.717) is 17.2 Å². The van der Waals surface area contributed by atoms with Crippen LogP contribution in [0.2, 0.25) is 0 Å². The summed E-state index contributed by atoms with van der Waals surface area (Å²) in [6, 6.07) is 26.7. The highest BCUT2D eigenvalue weighted by Gasteiger charge is 2.05. The van der Waals surface area contributed by atoms with E-state index in [-0.39, 0.29) is 6.61 Å². The summed E-state index contributed by atoms with van der Waals surface area (Å²) in [5, 5.41) is 28.9. The van der Waals surface area contributed by atoms with Crippen molar-refractivity contribution >= 4 is 28.7 Å². The zero-order chi connectivity index (χ0) is 22.6. The number of nitrogens with one attached hydrogen (secondary N) is 3. The summed E-state index contributed by atoms with van der Waals surface area (Å²) >= 11 is 5.34. The average molecular weight is 447 g/mol. The molecule has 4 N–H and O–H groups in total. The molecule has 3 rings (SSSR count). The van der Waals surface area contributed by atoms with Gasteiger partial charge >= 0.3 is 0 Å². The molecule has 0 heterocycles. The summed E-state index contributed by atoms with van der Waals surface area (Å²) in [6.45, 7) is 1.49. The maximum Gasteiger partial charge on any atom is 0.175 e. The largest absolute Gasteiger partial charge is 0.491 e. The molecule has 0 radical (unpaired) electrons. The van der Waals surface area contributed by atoms with Crippen LogP contribution in [0, 0.1) is 11.3 Å². The van der Waals surface area contributed by atoms with Crippen LogP contribution in [0.25, 0.3) is 0 Å². The number of rotatable bonds is 10. The van der Waals surface area contributed by atoms with Gasteiger partial charge in [0.2, 0.25) is 0 Å². The zero-order valence-electron chi connectivity index (χ0n) is 17.6. The number of nitrogens with zero attached hydrogens (tertiary/aromatic N) is 1. The second-order valence-corrected chi connectivity index (χ2v) is 7.61. The normalized spacial score (nSPS) is 11.2. The Kier molecular flexibility index (Phi) is 9.02. The number of ether oxygens (including phenoxy) is 1. The number of benzene rings is 3. The minimum atomic E-state index is -0.564. The Hall–Kier alpha value is -3.44. The van der Waals surface area contributed by atoms with Crippen LogP contribution in [-0.4, -0.2) is 36.0 Å². The monoisotopic (exact) mass is 446 g/mol. The molecule has 7 heteroatoms. The highest BCUT2D eigenvalue weighted by atomic mass is 32.1. The predicted octanol–water partition coefficient (Wildman–Crippen LogP) is 3.94. The fourth-order valence-electron chi connectivity index (χ4n) is 2.95. The summed E-state index contributed by atoms with van der Waals surface area (Å²) in [4.78, 5) is 0. The molecule has 0 bridgehead atoms. The second kappa shape index (κ2) is 12.4. The maximum atomic E-state index is 10.0. The first-order chi connectivity index (χ1) is 15.6. The average Bonchev–Trinajstić information content (AvgIpc) is 2.82. The van der Waals surface area contributed by atoms with Gasteiger partial charge in [0, 0.05) is 17.9 Å². The standard InChI is InChI=1S/C25H26N4O2S/c26-16-20-8-12-22(13-9-20)29-25(32)28-21-10-6-19(7-11-21)14-15-27-17-23(30)18-31-24-4-2-1-3-5-24/h1-13,23,27,30H,14-15,17-18H2,(H2,28,29,32)/t23-/m0/s1. The first-order valence-corrected chi connectivity index (χ1v) is 10.8. The molecule has 0 unspecified atom stereocenters. The third-order valence-electron chi connectivity index (χ3n) is 4.64. The van der Waals surface area contributed by atoms with Gasteiger partial charge in [-0.05, 0) is 79.3 Å². The first-order valence-electron chi connectivity index (χ1n) is 10.4. The first kappa shape index (κ1) is 23.2. The highest BCUT2D eigenvalue weighted by Crippen LogP contribution is 2.13. The van der Waals surface area contributed by atoms with E-state index in [1.54, 1.807) is 12.1 Å². The molecule has 0 spiro atoms. The molecule has 1 atom stereocenters. The van der Waals surface area contributed by atoms with Gasteiger partial charge in [-0.1, -0.05) is 30.3 Å². The summed E-state index contributed by atoms with van der Waals surface area (Å²) in [5.41, 5.74) is 3.50. The fourth-order valence-corrected chi connectivity index (χ4v) is 3.18. The molecule has 0 aliphatic rings. The molecule has 0 aromatic heterocycles. The van der Waals surface area contributed by atoms with Crippen molar-refractivity contribution in [3.8, 4) is 11.8 Å². The Balaban J connectivity index is 1.33. The number of aliphatic hydroxyl groups excluding tert-OH is 1. The number of thiocarbonyl (C=S) groups is 1. The van der Waals surface area contributed by atoms with E-state index in [9.17, 15) is 5.11 Å². The van der Waals surface area contributed by atoms with Gasteiger partial charge in [-0.15, -0.1) is 0 Å². The number of hydrogen-bond donors (Lipinski definition) is 4.